The van der Waals surface area contributed by atoms with Gasteiger partial charge in [-0.25, -0.2) is 5.84 Å². The quantitative estimate of drug-likeness (QED) is 0.428. The Morgan fingerprint density at radius 1 is 1.56 bits per heavy atom. The monoisotopic (exact) mass is 129 g/mol. The highest BCUT2D eigenvalue weighted by Gasteiger charge is 1.87. The molecule has 0 amide bonds. The van der Waals surface area contributed by atoms with Crippen LogP contribution in [-0.2, 0) is 0 Å². The Balaban J connectivity index is 3.64. The lowest BCUT2D eigenvalue weighted by Gasteiger charge is -2.10. The molecule has 0 atom stereocenters. The summed E-state index contributed by atoms with van der Waals surface area (Å²) in [5, 5.41) is 1.57. The second kappa shape index (κ2) is 4.21. The van der Waals surface area contributed by atoms with Crippen LogP contribution in [0, 0.1) is 0 Å². The van der Waals surface area contributed by atoms with Crippen LogP contribution in [0.4, 0.5) is 0 Å². The Morgan fingerprint density at radius 2 is 2.11 bits per heavy atom. The van der Waals surface area contributed by atoms with E-state index in [1.807, 2.05) is 13.8 Å². The second-order valence-corrected chi connectivity index (χ2v) is 1.89. The number of nitrogens with two attached hydrogens (primary N) is 2. The molecule has 3 nitrogen and oxygen atoms in total. The van der Waals surface area contributed by atoms with Crippen molar-refractivity contribution in [2.75, 3.05) is 6.54 Å². The normalized spacial score (nSPS) is 11.7. The smallest absolute Gasteiger partial charge is 0.0342 e. The molecule has 0 aliphatic carbocycles. The van der Waals surface area contributed by atoms with Gasteiger partial charge in [-0.05, 0) is 13.3 Å². The van der Waals surface area contributed by atoms with E-state index >= 15 is 0 Å². The third-order valence-electron chi connectivity index (χ3n) is 1.11. The van der Waals surface area contributed by atoms with E-state index in [0.29, 0.717) is 0 Å². The van der Waals surface area contributed by atoms with Gasteiger partial charge >= 0.3 is 0 Å². The van der Waals surface area contributed by atoms with Gasteiger partial charge in [0.2, 0.25) is 0 Å². The van der Waals surface area contributed by atoms with Crippen molar-refractivity contribution in [1.29, 1.82) is 0 Å². The molecule has 0 rings (SSSR count). The molecule has 0 aliphatic heterocycles. The molecule has 0 saturated carbocycles. The minimum absolute atomic E-state index is 0.792. The van der Waals surface area contributed by atoms with Gasteiger partial charge in [0.25, 0.3) is 0 Å². The Labute approximate surface area is 56.3 Å². The first-order valence-corrected chi connectivity index (χ1v) is 3.18. The van der Waals surface area contributed by atoms with E-state index in [2.05, 4.69) is 0 Å². The summed E-state index contributed by atoms with van der Waals surface area (Å²) >= 11 is 0. The van der Waals surface area contributed by atoms with Gasteiger partial charge in [-0.2, -0.15) is 0 Å². The summed E-state index contributed by atoms with van der Waals surface area (Å²) in [5.41, 5.74) is 6.31. The fourth-order valence-electron chi connectivity index (χ4n) is 0.396. The van der Waals surface area contributed by atoms with Crippen LogP contribution in [-0.4, -0.2) is 11.6 Å². The van der Waals surface area contributed by atoms with E-state index in [0.717, 1.165) is 18.7 Å². The lowest BCUT2D eigenvalue weighted by Crippen LogP contribution is -2.25. The summed E-state index contributed by atoms with van der Waals surface area (Å²) in [5.74, 6) is 5.43. The maximum absolute atomic E-state index is 5.49. The Hall–Kier alpha value is -0.700. The first-order chi connectivity index (χ1) is 4.20. The molecule has 54 valence electrons. The van der Waals surface area contributed by atoms with Crippen LogP contribution >= 0.6 is 0 Å². The van der Waals surface area contributed by atoms with Gasteiger partial charge in [0.1, 0.15) is 0 Å². The molecule has 0 fully saturated rings. The van der Waals surface area contributed by atoms with Crippen LogP contribution in [0.3, 0.4) is 0 Å². The second-order valence-electron chi connectivity index (χ2n) is 1.89. The van der Waals surface area contributed by atoms with E-state index in [1.165, 1.54) is 0 Å². The zero-order valence-electron chi connectivity index (χ0n) is 6.09. The van der Waals surface area contributed by atoms with Crippen molar-refractivity contribution in [1.82, 2.24) is 5.01 Å². The Kier molecular flexibility index (Phi) is 3.88. The van der Waals surface area contributed by atoms with Gasteiger partial charge in [0, 0.05) is 18.4 Å². The van der Waals surface area contributed by atoms with Crippen molar-refractivity contribution in [3.05, 3.63) is 11.9 Å². The van der Waals surface area contributed by atoms with E-state index < -0.39 is 0 Å². The third-order valence-corrected chi connectivity index (χ3v) is 1.11. The first kappa shape index (κ1) is 8.30. The average Bonchev–Trinajstić information content (AvgIpc) is 1.87. The summed E-state index contributed by atoms with van der Waals surface area (Å²) in [4.78, 5) is 0. The molecule has 0 spiro atoms. The van der Waals surface area contributed by atoms with E-state index in [9.17, 15) is 0 Å². The van der Waals surface area contributed by atoms with Gasteiger partial charge in [-0.15, -0.1) is 0 Å². The number of hydrazine groups is 1. The van der Waals surface area contributed by atoms with E-state index in [1.54, 1.807) is 11.2 Å². The molecule has 0 saturated heterocycles. The largest absolute Gasteiger partial charge is 0.401 e. The highest BCUT2D eigenvalue weighted by atomic mass is 15.4. The van der Waals surface area contributed by atoms with Crippen molar-refractivity contribution < 1.29 is 0 Å². The summed E-state index contributed by atoms with van der Waals surface area (Å²) in [7, 11) is 0. The van der Waals surface area contributed by atoms with Gasteiger partial charge in [-0.3, -0.25) is 0 Å². The Morgan fingerprint density at radius 3 is 2.44 bits per heavy atom. The van der Waals surface area contributed by atoms with Crippen LogP contribution < -0.4 is 11.6 Å². The molecule has 0 aromatic rings. The van der Waals surface area contributed by atoms with Gasteiger partial charge in [0.05, 0.1) is 0 Å². The fourth-order valence-corrected chi connectivity index (χ4v) is 0.396. The predicted molar refractivity (Wildman–Crippen MR) is 39.1 cm³/mol. The van der Waals surface area contributed by atoms with Crippen LogP contribution in [0.1, 0.15) is 20.3 Å². The molecular formula is C6H15N3. The molecule has 0 aromatic carbocycles. The number of nitrogens with zero attached hydrogens (tertiary/aromatic N) is 1. The highest BCUT2D eigenvalue weighted by molar-refractivity contribution is 4.92. The van der Waals surface area contributed by atoms with Crippen LogP contribution in [0.25, 0.3) is 0 Å². The molecule has 9 heavy (non-hydrogen) atoms. The maximum Gasteiger partial charge on any atom is 0.0342 e. The summed E-state index contributed by atoms with van der Waals surface area (Å²) in [6.07, 6.45) is 2.60. The molecule has 0 unspecified atom stereocenters. The number of hydrogen-bond donors (Lipinski definition) is 2. The van der Waals surface area contributed by atoms with Crippen molar-refractivity contribution in [2.45, 2.75) is 20.3 Å². The van der Waals surface area contributed by atoms with Crippen LogP contribution in [0.15, 0.2) is 11.9 Å². The van der Waals surface area contributed by atoms with E-state index in [-0.39, 0.29) is 0 Å². The number of allylic oxidation sites excluding steroid dienone is 1. The lowest BCUT2D eigenvalue weighted by atomic mass is 10.4. The van der Waals surface area contributed by atoms with Gasteiger partial charge in [-0.1, -0.05) is 6.92 Å². The highest BCUT2D eigenvalue weighted by Crippen LogP contribution is 1.90. The van der Waals surface area contributed by atoms with E-state index in [4.69, 9.17) is 11.6 Å². The van der Waals surface area contributed by atoms with Crippen LogP contribution in [0.2, 0.25) is 0 Å². The SMILES string of the molecule is CC/C(N)=C/N(N)CC. The molecule has 4 N–H and O–H groups in total. The van der Waals surface area contributed by atoms with Crippen molar-refractivity contribution in [3.8, 4) is 0 Å². The molecule has 0 aromatic heterocycles. The minimum atomic E-state index is 0.792. The lowest BCUT2D eigenvalue weighted by molar-refractivity contribution is 0.412. The molecule has 0 heterocycles. The average molecular weight is 129 g/mol. The molecule has 0 bridgehead atoms. The summed E-state index contributed by atoms with van der Waals surface area (Å²) in [6.45, 7) is 4.76. The van der Waals surface area contributed by atoms with Crippen molar-refractivity contribution in [2.24, 2.45) is 11.6 Å². The molecule has 0 aliphatic rings. The van der Waals surface area contributed by atoms with Gasteiger partial charge < -0.3 is 10.7 Å². The zero-order chi connectivity index (χ0) is 7.28. The first-order valence-electron chi connectivity index (χ1n) is 3.18. The summed E-state index contributed by atoms with van der Waals surface area (Å²) < 4.78 is 0. The predicted octanol–water partition coefficient (Wildman–Crippen LogP) is 0.392. The summed E-state index contributed by atoms with van der Waals surface area (Å²) in [6, 6.07) is 0. The Bertz CT molecular complexity index is 98.5. The maximum atomic E-state index is 5.49. The van der Waals surface area contributed by atoms with Crippen molar-refractivity contribution in [3.63, 3.8) is 0 Å². The zero-order valence-corrected chi connectivity index (χ0v) is 6.09. The molecular weight excluding hydrogens is 114 g/mol. The van der Waals surface area contributed by atoms with Gasteiger partial charge in [0.15, 0.2) is 0 Å². The molecule has 0 radical (unpaired) electrons. The fraction of sp³-hybridized carbons (Fsp3) is 0.667. The number of rotatable bonds is 3. The standard InChI is InChI=1S/C6H15N3/c1-3-6(7)5-9(8)4-2/h5H,3-4,7-8H2,1-2H3/b6-5-. The van der Waals surface area contributed by atoms with Crippen molar-refractivity contribution >= 4 is 0 Å². The van der Waals surface area contributed by atoms with Crippen LogP contribution in [0.5, 0.6) is 0 Å². The number of hydrogen-bond acceptors (Lipinski definition) is 3. The topological polar surface area (TPSA) is 55.3 Å². The molecule has 3 heteroatoms. The third kappa shape index (κ3) is 3.85. The minimum Gasteiger partial charge on any atom is -0.401 e.